The van der Waals surface area contributed by atoms with Gasteiger partial charge in [0.15, 0.2) is 0 Å². The first-order chi connectivity index (χ1) is 8.40. The highest BCUT2D eigenvalue weighted by Gasteiger charge is 2.12. The summed E-state index contributed by atoms with van der Waals surface area (Å²) in [5, 5.41) is 11.4. The van der Waals surface area contributed by atoms with Gasteiger partial charge in [-0.2, -0.15) is 0 Å². The Morgan fingerprint density at radius 2 is 2.00 bits per heavy atom. The fourth-order valence-corrected chi connectivity index (χ4v) is 1.80. The van der Waals surface area contributed by atoms with E-state index in [0.717, 1.165) is 11.1 Å². The Hall–Kier alpha value is -1.84. The van der Waals surface area contributed by atoms with Gasteiger partial charge >= 0.3 is 5.97 Å². The van der Waals surface area contributed by atoms with Gasteiger partial charge in [0.1, 0.15) is 0 Å². The Labute approximate surface area is 107 Å². The van der Waals surface area contributed by atoms with Crippen LogP contribution >= 0.6 is 0 Å². The topological polar surface area (TPSA) is 66.4 Å². The molecule has 4 heteroatoms. The van der Waals surface area contributed by atoms with Gasteiger partial charge in [-0.15, -0.1) is 0 Å². The van der Waals surface area contributed by atoms with Crippen molar-refractivity contribution in [2.45, 2.75) is 27.2 Å². The smallest absolute Gasteiger partial charge is 0.303 e. The number of amides is 1. The largest absolute Gasteiger partial charge is 0.481 e. The first kappa shape index (κ1) is 14.2. The lowest BCUT2D eigenvalue weighted by atomic mass is 10.0. The number of aliphatic carboxylic acids is 1. The predicted molar refractivity (Wildman–Crippen MR) is 69.7 cm³/mol. The lowest BCUT2D eigenvalue weighted by Crippen LogP contribution is -2.29. The highest BCUT2D eigenvalue weighted by Crippen LogP contribution is 2.10. The van der Waals surface area contributed by atoms with E-state index >= 15 is 0 Å². The lowest BCUT2D eigenvalue weighted by molar-refractivity contribution is -0.137. The number of nitrogens with one attached hydrogen (secondary N) is 1. The van der Waals surface area contributed by atoms with Crippen LogP contribution in [0.1, 0.15) is 34.8 Å². The molecule has 1 aromatic rings. The predicted octanol–water partition coefficient (Wildman–Crippen LogP) is 2.14. The summed E-state index contributed by atoms with van der Waals surface area (Å²) < 4.78 is 0. The summed E-state index contributed by atoms with van der Waals surface area (Å²) in [5.41, 5.74) is 2.69. The van der Waals surface area contributed by atoms with Crippen molar-refractivity contribution in [3.8, 4) is 0 Å². The number of benzene rings is 1. The summed E-state index contributed by atoms with van der Waals surface area (Å²) in [6.45, 7) is 6.04. The maximum Gasteiger partial charge on any atom is 0.303 e. The first-order valence-electron chi connectivity index (χ1n) is 5.97. The van der Waals surface area contributed by atoms with E-state index in [4.69, 9.17) is 5.11 Å². The molecule has 0 aliphatic carbocycles. The molecule has 0 saturated carbocycles. The Balaban J connectivity index is 2.58. The Morgan fingerprint density at radius 1 is 1.33 bits per heavy atom. The highest BCUT2D eigenvalue weighted by molar-refractivity contribution is 5.95. The molecule has 0 radical (unpaired) electrons. The lowest BCUT2D eigenvalue weighted by Gasteiger charge is -2.12. The summed E-state index contributed by atoms with van der Waals surface area (Å²) in [7, 11) is 0. The van der Waals surface area contributed by atoms with Crippen LogP contribution in [-0.4, -0.2) is 23.5 Å². The summed E-state index contributed by atoms with van der Waals surface area (Å²) in [4.78, 5) is 22.4. The monoisotopic (exact) mass is 249 g/mol. The van der Waals surface area contributed by atoms with Crippen LogP contribution in [0, 0.1) is 19.8 Å². The van der Waals surface area contributed by atoms with Crippen molar-refractivity contribution in [2.75, 3.05) is 6.54 Å². The van der Waals surface area contributed by atoms with Crippen molar-refractivity contribution < 1.29 is 14.7 Å². The molecule has 0 aliphatic heterocycles. The fraction of sp³-hybridized carbons (Fsp3) is 0.429. The van der Waals surface area contributed by atoms with Crippen LogP contribution in [0.5, 0.6) is 0 Å². The number of rotatable bonds is 5. The van der Waals surface area contributed by atoms with E-state index in [1.807, 2.05) is 26.0 Å². The Kier molecular flexibility index (Phi) is 4.89. The molecule has 0 aromatic heterocycles. The van der Waals surface area contributed by atoms with Crippen LogP contribution in [0.25, 0.3) is 0 Å². The van der Waals surface area contributed by atoms with Crippen LogP contribution in [0.15, 0.2) is 18.2 Å². The third-order valence-electron chi connectivity index (χ3n) is 2.76. The molecular weight excluding hydrogens is 230 g/mol. The van der Waals surface area contributed by atoms with Crippen LogP contribution in [-0.2, 0) is 4.79 Å². The number of carbonyl (C=O) groups excluding carboxylic acids is 1. The quantitative estimate of drug-likeness (QED) is 0.840. The molecule has 1 atom stereocenters. The highest BCUT2D eigenvalue weighted by atomic mass is 16.4. The van der Waals surface area contributed by atoms with Crippen molar-refractivity contribution in [3.05, 3.63) is 34.9 Å². The average molecular weight is 249 g/mol. The molecule has 0 spiro atoms. The summed E-state index contributed by atoms with van der Waals surface area (Å²) in [6.07, 6.45) is 0.0627. The zero-order chi connectivity index (χ0) is 13.7. The molecule has 98 valence electrons. The van der Waals surface area contributed by atoms with Crippen molar-refractivity contribution in [1.29, 1.82) is 0 Å². The van der Waals surface area contributed by atoms with Crippen LogP contribution in [0.4, 0.5) is 0 Å². The zero-order valence-electron chi connectivity index (χ0n) is 11.0. The number of carboxylic acids is 1. The van der Waals surface area contributed by atoms with E-state index < -0.39 is 5.97 Å². The number of hydrogen-bond donors (Lipinski definition) is 2. The molecule has 0 heterocycles. The molecule has 0 fully saturated rings. The van der Waals surface area contributed by atoms with Crippen molar-refractivity contribution in [3.63, 3.8) is 0 Å². The second-order valence-corrected chi connectivity index (χ2v) is 4.73. The van der Waals surface area contributed by atoms with Gasteiger partial charge in [-0.25, -0.2) is 0 Å². The Morgan fingerprint density at radius 3 is 2.56 bits per heavy atom. The molecule has 18 heavy (non-hydrogen) atoms. The zero-order valence-corrected chi connectivity index (χ0v) is 11.0. The molecule has 1 amide bonds. The van der Waals surface area contributed by atoms with Crippen LogP contribution < -0.4 is 5.32 Å². The van der Waals surface area contributed by atoms with Gasteiger partial charge in [0, 0.05) is 18.5 Å². The van der Waals surface area contributed by atoms with Gasteiger partial charge in [0.25, 0.3) is 5.91 Å². The summed E-state index contributed by atoms with van der Waals surface area (Å²) in [6, 6.07) is 5.64. The van der Waals surface area contributed by atoms with E-state index in [2.05, 4.69) is 5.32 Å². The minimum absolute atomic E-state index is 0.0627. The average Bonchev–Trinajstić information content (AvgIpc) is 2.25. The summed E-state index contributed by atoms with van der Waals surface area (Å²) >= 11 is 0. The summed E-state index contributed by atoms with van der Waals surface area (Å²) in [5.74, 6) is -1.06. The normalized spacial score (nSPS) is 11.9. The van der Waals surface area contributed by atoms with Gasteiger partial charge in [-0.1, -0.05) is 24.6 Å². The van der Waals surface area contributed by atoms with Gasteiger partial charge in [0.2, 0.25) is 0 Å². The SMILES string of the molecule is Cc1ccc(C(=O)NCC(C)CC(=O)O)c(C)c1. The van der Waals surface area contributed by atoms with E-state index in [-0.39, 0.29) is 18.2 Å². The standard InChI is InChI=1S/C14H19NO3/c1-9-4-5-12(11(3)6-9)14(18)15-8-10(2)7-13(16)17/h4-6,10H,7-8H2,1-3H3,(H,15,18)(H,16,17). The van der Waals surface area contributed by atoms with E-state index in [9.17, 15) is 9.59 Å². The minimum Gasteiger partial charge on any atom is -0.481 e. The maximum absolute atomic E-state index is 11.9. The molecule has 1 rings (SSSR count). The van der Waals surface area contributed by atoms with Gasteiger partial charge in [-0.05, 0) is 31.4 Å². The second-order valence-electron chi connectivity index (χ2n) is 4.73. The molecule has 0 aliphatic rings. The molecule has 0 saturated heterocycles. The van der Waals surface area contributed by atoms with Crippen LogP contribution in [0.3, 0.4) is 0 Å². The number of hydrogen-bond acceptors (Lipinski definition) is 2. The molecule has 2 N–H and O–H groups in total. The molecule has 1 unspecified atom stereocenters. The third-order valence-corrected chi connectivity index (χ3v) is 2.76. The van der Waals surface area contributed by atoms with Crippen molar-refractivity contribution in [1.82, 2.24) is 5.32 Å². The van der Waals surface area contributed by atoms with Crippen molar-refractivity contribution in [2.24, 2.45) is 5.92 Å². The molecular formula is C14H19NO3. The van der Waals surface area contributed by atoms with E-state index in [1.165, 1.54) is 0 Å². The third kappa shape index (κ3) is 4.20. The second kappa shape index (κ2) is 6.19. The van der Waals surface area contributed by atoms with Crippen molar-refractivity contribution >= 4 is 11.9 Å². The number of carboxylic acid groups (broad SMARTS) is 1. The fourth-order valence-electron chi connectivity index (χ4n) is 1.80. The minimum atomic E-state index is -0.844. The molecule has 4 nitrogen and oxygen atoms in total. The molecule has 0 bridgehead atoms. The van der Waals surface area contributed by atoms with Crippen LogP contribution in [0.2, 0.25) is 0 Å². The number of carbonyl (C=O) groups is 2. The van der Waals surface area contributed by atoms with E-state index in [0.29, 0.717) is 12.1 Å². The van der Waals surface area contributed by atoms with Gasteiger partial charge < -0.3 is 10.4 Å². The first-order valence-corrected chi connectivity index (χ1v) is 5.97. The van der Waals surface area contributed by atoms with Gasteiger partial charge in [0.05, 0.1) is 0 Å². The molecule has 1 aromatic carbocycles. The van der Waals surface area contributed by atoms with Gasteiger partial charge in [-0.3, -0.25) is 9.59 Å². The van der Waals surface area contributed by atoms with E-state index in [1.54, 1.807) is 13.0 Å². The number of aryl methyl sites for hydroxylation is 2. The Bertz CT molecular complexity index is 454. The maximum atomic E-state index is 11.9.